The van der Waals surface area contributed by atoms with Crippen LogP contribution in [0.3, 0.4) is 0 Å². The number of halogens is 2. The molecule has 4 N–H and O–H groups in total. The maximum atomic E-state index is 14.3. The van der Waals surface area contributed by atoms with Crippen LogP contribution in [0.15, 0.2) is 29.7 Å². The molecule has 3 rings (SSSR count). The van der Waals surface area contributed by atoms with E-state index in [2.05, 4.69) is 10.2 Å². The molecular weight excluding hydrogens is 347 g/mol. The monoisotopic (exact) mass is 368 g/mol. The van der Waals surface area contributed by atoms with Crippen LogP contribution in [0.2, 0.25) is 5.02 Å². The van der Waals surface area contributed by atoms with Crippen molar-refractivity contribution in [3.05, 3.63) is 46.1 Å². The van der Waals surface area contributed by atoms with E-state index in [1.165, 1.54) is 12.1 Å². The molecule has 0 saturated carbocycles. The highest BCUT2D eigenvalue weighted by Crippen LogP contribution is 2.35. The number of rotatable bonds is 4. The molecule has 1 aromatic carbocycles. The molecule has 1 aromatic rings. The van der Waals surface area contributed by atoms with E-state index in [0.29, 0.717) is 0 Å². The van der Waals surface area contributed by atoms with Gasteiger partial charge in [0.1, 0.15) is 11.6 Å². The first-order valence-electron chi connectivity index (χ1n) is 8.31. The molecule has 6 nitrogen and oxygen atoms in total. The Balaban J connectivity index is 2.01. The number of carboxylic acids is 1. The third-order valence-electron chi connectivity index (χ3n) is 4.97. The second-order valence-corrected chi connectivity index (χ2v) is 6.95. The number of nitrogens with two attached hydrogens (primary N) is 1. The predicted octanol–water partition coefficient (Wildman–Crippen LogP) is 2.26. The zero-order valence-corrected chi connectivity index (χ0v) is 14.8. The Morgan fingerprint density at radius 3 is 2.68 bits per heavy atom. The standard InChI is InChI=1S/C17H22ClFN4O2/c1-17(22-8-3-2-4-9-22)21-15(20)14(16(24)25)23(17)10-11-12(18)6-5-7-13(11)19/h5-7,21H,2-4,8-10,20H2,1H3,(H,24,25). The summed E-state index contributed by atoms with van der Waals surface area (Å²) < 4.78 is 14.3. The van der Waals surface area contributed by atoms with E-state index < -0.39 is 17.6 Å². The lowest BCUT2D eigenvalue weighted by atomic mass is 10.1. The summed E-state index contributed by atoms with van der Waals surface area (Å²) in [6.07, 6.45) is 3.18. The van der Waals surface area contributed by atoms with Gasteiger partial charge in [-0.15, -0.1) is 0 Å². The minimum Gasteiger partial charge on any atom is -0.476 e. The van der Waals surface area contributed by atoms with Gasteiger partial charge < -0.3 is 21.1 Å². The van der Waals surface area contributed by atoms with Crippen LogP contribution in [0.25, 0.3) is 0 Å². The molecule has 0 bridgehead atoms. The van der Waals surface area contributed by atoms with Gasteiger partial charge in [0, 0.05) is 23.7 Å². The van der Waals surface area contributed by atoms with Gasteiger partial charge in [-0.1, -0.05) is 24.1 Å². The normalized spacial score (nSPS) is 24.5. The van der Waals surface area contributed by atoms with Crippen LogP contribution in [0, 0.1) is 5.82 Å². The van der Waals surface area contributed by atoms with Gasteiger partial charge in [0.2, 0.25) is 0 Å². The van der Waals surface area contributed by atoms with E-state index in [4.69, 9.17) is 17.3 Å². The molecular formula is C17H22ClFN4O2. The minimum absolute atomic E-state index is 0.00778. The van der Waals surface area contributed by atoms with Gasteiger partial charge in [-0.05, 0) is 31.9 Å². The average molecular weight is 369 g/mol. The molecule has 25 heavy (non-hydrogen) atoms. The number of hydrogen-bond acceptors (Lipinski definition) is 5. The topological polar surface area (TPSA) is 81.8 Å². The molecule has 2 aliphatic heterocycles. The summed E-state index contributed by atoms with van der Waals surface area (Å²) in [7, 11) is 0. The molecule has 1 atom stereocenters. The fraction of sp³-hybridized carbons (Fsp3) is 0.471. The van der Waals surface area contributed by atoms with Crippen LogP contribution in [0.5, 0.6) is 0 Å². The number of benzene rings is 1. The Morgan fingerprint density at radius 2 is 2.08 bits per heavy atom. The number of nitrogens with zero attached hydrogens (tertiary/aromatic N) is 2. The van der Waals surface area contributed by atoms with Crippen molar-refractivity contribution < 1.29 is 14.3 Å². The van der Waals surface area contributed by atoms with Crippen molar-refractivity contribution in [1.29, 1.82) is 0 Å². The van der Waals surface area contributed by atoms with Crippen LogP contribution >= 0.6 is 11.6 Å². The van der Waals surface area contributed by atoms with Crippen molar-refractivity contribution >= 4 is 17.6 Å². The quantitative estimate of drug-likeness (QED) is 0.756. The van der Waals surface area contributed by atoms with Crippen molar-refractivity contribution in [3.8, 4) is 0 Å². The van der Waals surface area contributed by atoms with E-state index in [1.54, 1.807) is 11.0 Å². The molecule has 1 saturated heterocycles. The van der Waals surface area contributed by atoms with Crippen LogP contribution in [-0.4, -0.2) is 39.8 Å². The summed E-state index contributed by atoms with van der Waals surface area (Å²) in [6, 6.07) is 4.43. The highest BCUT2D eigenvalue weighted by molar-refractivity contribution is 6.31. The average Bonchev–Trinajstić information content (AvgIpc) is 2.83. The van der Waals surface area contributed by atoms with Crippen LogP contribution in [0.4, 0.5) is 4.39 Å². The second-order valence-electron chi connectivity index (χ2n) is 6.55. The fourth-order valence-corrected chi connectivity index (χ4v) is 3.85. The molecule has 2 heterocycles. The number of piperidine rings is 1. The zero-order chi connectivity index (χ0) is 18.2. The van der Waals surface area contributed by atoms with Gasteiger partial charge in [0.05, 0.1) is 6.54 Å². The van der Waals surface area contributed by atoms with E-state index >= 15 is 0 Å². The van der Waals surface area contributed by atoms with Crippen LogP contribution in [0.1, 0.15) is 31.7 Å². The molecule has 136 valence electrons. The van der Waals surface area contributed by atoms with Crippen molar-refractivity contribution in [3.63, 3.8) is 0 Å². The Morgan fingerprint density at radius 1 is 1.40 bits per heavy atom. The summed E-state index contributed by atoms with van der Waals surface area (Å²) in [5.74, 6) is -2.39. The number of hydrogen-bond donors (Lipinski definition) is 3. The molecule has 1 fully saturated rings. The Kier molecular flexibility index (Phi) is 4.79. The first kappa shape index (κ1) is 17.8. The number of likely N-dealkylation sites (tertiary alicyclic amines) is 1. The van der Waals surface area contributed by atoms with E-state index in [-0.39, 0.29) is 28.6 Å². The molecule has 8 heteroatoms. The Labute approximate surface area is 151 Å². The molecule has 0 spiro atoms. The summed E-state index contributed by atoms with van der Waals surface area (Å²) in [6.45, 7) is 3.50. The summed E-state index contributed by atoms with van der Waals surface area (Å²) in [5.41, 5.74) is 6.16. The third-order valence-corrected chi connectivity index (χ3v) is 5.33. The van der Waals surface area contributed by atoms with Crippen LogP contribution in [-0.2, 0) is 11.3 Å². The van der Waals surface area contributed by atoms with Gasteiger partial charge >= 0.3 is 5.97 Å². The first-order valence-corrected chi connectivity index (χ1v) is 8.69. The molecule has 0 radical (unpaired) electrons. The first-order chi connectivity index (χ1) is 11.8. The molecule has 0 amide bonds. The molecule has 1 unspecified atom stereocenters. The lowest BCUT2D eigenvalue weighted by Crippen LogP contribution is -2.64. The minimum atomic E-state index is -1.15. The zero-order valence-electron chi connectivity index (χ0n) is 14.1. The van der Waals surface area contributed by atoms with E-state index in [0.717, 1.165) is 32.4 Å². The lowest BCUT2D eigenvalue weighted by Gasteiger charge is -2.47. The Bertz CT molecular complexity index is 700. The molecule has 0 aliphatic carbocycles. The maximum Gasteiger partial charge on any atom is 0.356 e. The highest BCUT2D eigenvalue weighted by atomic mass is 35.5. The van der Waals surface area contributed by atoms with Crippen molar-refractivity contribution in [1.82, 2.24) is 15.1 Å². The molecule has 0 aromatic heterocycles. The van der Waals surface area contributed by atoms with Gasteiger partial charge in [0.25, 0.3) is 0 Å². The smallest absolute Gasteiger partial charge is 0.356 e. The van der Waals surface area contributed by atoms with Gasteiger partial charge in [-0.25, -0.2) is 9.18 Å². The predicted molar refractivity (Wildman–Crippen MR) is 92.8 cm³/mol. The fourth-order valence-electron chi connectivity index (χ4n) is 3.63. The summed E-state index contributed by atoms with van der Waals surface area (Å²) in [4.78, 5) is 15.5. The summed E-state index contributed by atoms with van der Waals surface area (Å²) >= 11 is 6.16. The second kappa shape index (κ2) is 6.72. The third kappa shape index (κ3) is 3.14. The summed E-state index contributed by atoms with van der Waals surface area (Å²) in [5, 5.41) is 13.0. The Hall–Kier alpha value is -1.99. The number of carboxylic acid groups (broad SMARTS) is 1. The van der Waals surface area contributed by atoms with E-state index in [1.807, 2.05) is 6.92 Å². The van der Waals surface area contributed by atoms with Crippen LogP contribution < -0.4 is 11.1 Å². The van der Waals surface area contributed by atoms with Gasteiger partial charge in [-0.3, -0.25) is 4.90 Å². The van der Waals surface area contributed by atoms with Crippen molar-refractivity contribution in [2.45, 2.75) is 38.5 Å². The number of carbonyl (C=O) groups is 1. The van der Waals surface area contributed by atoms with Gasteiger partial charge in [0.15, 0.2) is 11.5 Å². The SMILES string of the molecule is CC1(N2CCCCC2)NC(N)=C(C(=O)O)N1Cc1c(F)cccc1Cl. The maximum absolute atomic E-state index is 14.3. The largest absolute Gasteiger partial charge is 0.476 e. The van der Waals surface area contributed by atoms with Crippen molar-refractivity contribution in [2.75, 3.05) is 13.1 Å². The highest BCUT2D eigenvalue weighted by Gasteiger charge is 2.47. The van der Waals surface area contributed by atoms with E-state index in [9.17, 15) is 14.3 Å². The van der Waals surface area contributed by atoms with Gasteiger partial charge in [-0.2, -0.15) is 0 Å². The number of nitrogens with one attached hydrogen (secondary N) is 1. The number of aliphatic carboxylic acids is 1. The van der Waals surface area contributed by atoms with Crippen molar-refractivity contribution in [2.24, 2.45) is 5.73 Å². The molecule has 2 aliphatic rings. The lowest BCUT2D eigenvalue weighted by molar-refractivity contribution is -0.137.